The summed E-state index contributed by atoms with van der Waals surface area (Å²) in [5, 5.41) is 2.76. The molecule has 2 aliphatic rings. The first-order valence-electron chi connectivity index (χ1n) is 9.39. The van der Waals surface area contributed by atoms with Crippen molar-refractivity contribution in [2.45, 2.75) is 51.4 Å². The second-order valence-electron chi connectivity index (χ2n) is 8.09. The Balaban J connectivity index is 1.81. The van der Waals surface area contributed by atoms with Crippen molar-refractivity contribution in [1.29, 1.82) is 0 Å². The minimum atomic E-state index is -0.714. The molecule has 0 unspecified atom stereocenters. The van der Waals surface area contributed by atoms with Gasteiger partial charge in [-0.05, 0) is 39.3 Å². The minimum Gasteiger partial charge on any atom is -0.465 e. The summed E-state index contributed by atoms with van der Waals surface area (Å²) in [4.78, 5) is 38.4. The van der Waals surface area contributed by atoms with Gasteiger partial charge >= 0.3 is 12.1 Å². The van der Waals surface area contributed by atoms with E-state index in [1.54, 1.807) is 20.8 Å². The number of rotatable bonds is 3. The third-order valence-corrected chi connectivity index (χ3v) is 4.86. The van der Waals surface area contributed by atoms with E-state index in [1.807, 2.05) is 0 Å². The summed E-state index contributed by atoms with van der Waals surface area (Å²) in [5.41, 5.74) is -0.324. The van der Waals surface area contributed by atoms with E-state index in [2.05, 4.69) is 10.1 Å². The van der Waals surface area contributed by atoms with Crippen LogP contribution in [-0.4, -0.2) is 60.9 Å². The maximum absolute atomic E-state index is 14.6. The van der Waals surface area contributed by atoms with Crippen LogP contribution in [-0.2, 0) is 20.8 Å². The number of carbonyl (C=O) groups excluding carboxylic acids is 3. The van der Waals surface area contributed by atoms with Gasteiger partial charge in [-0.25, -0.2) is 14.0 Å². The molecule has 0 aliphatic carbocycles. The SMILES string of the molecule is COC(=O)c1cc(F)c2c(c1)C(=O)N([C@@H]1CCOC[C@H]1NC(=O)OC(C)(C)C)C2. The first-order valence-corrected chi connectivity index (χ1v) is 9.39. The number of hydrogen-bond acceptors (Lipinski definition) is 6. The van der Waals surface area contributed by atoms with Gasteiger partial charge in [-0.15, -0.1) is 0 Å². The molecule has 0 aromatic heterocycles. The van der Waals surface area contributed by atoms with Gasteiger partial charge in [0.05, 0.1) is 37.9 Å². The normalized spacial score (nSPS) is 21.6. The Hall–Kier alpha value is -2.68. The van der Waals surface area contributed by atoms with Gasteiger partial charge in [0.1, 0.15) is 11.4 Å². The fourth-order valence-electron chi connectivity index (χ4n) is 3.58. The maximum atomic E-state index is 14.6. The smallest absolute Gasteiger partial charge is 0.408 e. The molecule has 2 heterocycles. The predicted molar refractivity (Wildman–Crippen MR) is 100.0 cm³/mol. The van der Waals surface area contributed by atoms with Gasteiger partial charge in [-0.2, -0.15) is 0 Å². The molecular formula is C20H25FN2O6. The van der Waals surface area contributed by atoms with Gasteiger partial charge in [0.2, 0.25) is 0 Å². The van der Waals surface area contributed by atoms with Crippen LogP contribution in [0.15, 0.2) is 12.1 Å². The van der Waals surface area contributed by atoms with Crippen LogP contribution in [0.5, 0.6) is 0 Å². The number of nitrogens with zero attached hydrogens (tertiary/aromatic N) is 1. The Morgan fingerprint density at radius 2 is 2.03 bits per heavy atom. The molecule has 2 aliphatic heterocycles. The Labute approximate surface area is 168 Å². The van der Waals surface area contributed by atoms with Crippen molar-refractivity contribution in [3.8, 4) is 0 Å². The van der Waals surface area contributed by atoms with Crippen LogP contribution in [0.3, 0.4) is 0 Å². The van der Waals surface area contributed by atoms with Crippen LogP contribution < -0.4 is 5.32 Å². The standard InChI is InChI=1S/C20H25FN2O6/c1-20(2,3)29-19(26)22-15-10-28-6-5-16(15)23-9-13-12(17(23)24)7-11(8-14(13)21)18(25)27-4/h7-8,15-16H,5-6,9-10H2,1-4H3,(H,22,26)/t15-,16-/m1/s1. The van der Waals surface area contributed by atoms with Gasteiger partial charge < -0.3 is 24.4 Å². The van der Waals surface area contributed by atoms with Crippen molar-refractivity contribution in [3.05, 3.63) is 34.6 Å². The fourth-order valence-corrected chi connectivity index (χ4v) is 3.58. The zero-order valence-corrected chi connectivity index (χ0v) is 16.9. The molecule has 8 nitrogen and oxygen atoms in total. The first kappa shape index (κ1) is 21.0. The van der Waals surface area contributed by atoms with Crippen molar-refractivity contribution in [1.82, 2.24) is 10.2 Å². The molecule has 0 radical (unpaired) electrons. The van der Waals surface area contributed by atoms with Gasteiger partial charge in [-0.3, -0.25) is 4.79 Å². The van der Waals surface area contributed by atoms with Crippen LogP contribution in [0.1, 0.15) is 53.5 Å². The van der Waals surface area contributed by atoms with Gasteiger partial charge in [-0.1, -0.05) is 0 Å². The lowest BCUT2D eigenvalue weighted by Crippen LogP contribution is -2.57. The highest BCUT2D eigenvalue weighted by Crippen LogP contribution is 2.31. The lowest BCUT2D eigenvalue weighted by atomic mass is 10.0. The van der Waals surface area contributed by atoms with Crippen LogP contribution in [0, 0.1) is 5.82 Å². The third kappa shape index (κ3) is 4.50. The molecule has 2 amide bonds. The number of hydrogen-bond donors (Lipinski definition) is 1. The van der Waals surface area contributed by atoms with E-state index in [9.17, 15) is 18.8 Å². The van der Waals surface area contributed by atoms with Crippen LogP contribution >= 0.6 is 0 Å². The van der Waals surface area contributed by atoms with Crippen molar-refractivity contribution >= 4 is 18.0 Å². The molecular weight excluding hydrogens is 383 g/mol. The van der Waals surface area contributed by atoms with Gasteiger partial charge in [0, 0.05) is 17.7 Å². The molecule has 158 valence electrons. The largest absolute Gasteiger partial charge is 0.465 e. The van der Waals surface area contributed by atoms with E-state index in [-0.39, 0.29) is 29.8 Å². The number of ether oxygens (including phenoxy) is 3. The van der Waals surface area contributed by atoms with Crippen LogP contribution in [0.4, 0.5) is 9.18 Å². The molecule has 1 aromatic rings. The van der Waals surface area contributed by atoms with E-state index >= 15 is 0 Å². The van der Waals surface area contributed by atoms with E-state index < -0.39 is 41.5 Å². The Bertz CT molecular complexity index is 835. The highest BCUT2D eigenvalue weighted by Gasteiger charge is 2.41. The average molecular weight is 408 g/mol. The maximum Gasteiger partial charge on any atom is 0.408 e. The fraction of sp³-hybridized carbons (Fsp3) is 0.550. The Morgan fingerprint density at radius 1 is 1.31 bits per heavy atom. The van der Waals surface area contributed by atoms with E-state index in [4.69, 9.17) is 9.47 Å². The summed E-state index contributed by atoms with van der Waals surface area (Å²) in [6.07, 6.45) is -0.132. The average Bonchev–Trinajstić information content (AvgIpc) is 2.97. The van der Waals surface area contributed by atoms with Crippen molar-refractivity contribution < 1.29 is 33.0 Å². The van der Waals surface area contributed by atoms with Gasteiger partial charge in [0.15, 0.2) is 0 Å². The predicted octanol–water partition coefficient (Wildman–Crippen LogP) is 2.25. The second-order valence-corrected chi connectivity index (χ2v) is 8.09. The number of esters is 1. The van der Waals surface area contributed by atoms with Crippen molar-refractivity contribution in [2.24, 2.45) is 0 Å². The molecule has 1 saturated heterocycles. The highest BCUT2D eigenvalue weighted by molar-refractivity contribution is 6.01. The molecule has 0 spiro atoms. The molecule has 2 atom stereocenters. The number of nitrogens with one attached hydrogen (secondary N) is 1. The lowest BCUT2D eigenvalue weighted by molar-refractivity contribution is -0.000404. The molecule has 3 rings (SSSR count). The number of amides is 2. The summed E-state index contributed by atoms with van der Waals surface area (Å²) in [7, 11) is 1.19. The van der Waals surface area contributed by atoms with E-state index in [0.29, 0.717) is 13.0 Å². The Morgan fingerprint density at radius 3 is 2.69 bits per heavy atom. The molecule has 29 heavy (non-hydrogen) atoms. The monoisotopic (exact) mass is 408 g/mol. The molecule has 1 fully saturated rings. The summed E-state index contributed by atoms with van der Waals surface area (Å²) in [5.74, 6) is -1.75. The van der Waals surface area contributed by atoms with Crippen molar-refractivity contribution in [2.75, 3.05) is 20.3 Å². The number of carbonyl (C=O) groups is 3. The second kappa shape index (κ2) is 7.98. The van der Waals surface area contributed by atoms with Crippen LogP contribution in [0.2, 0.25) is 0 Å². The lowest BCUT2D eigenvalue weighted by Gasteiger charge is -2.38. The molecule has 1 aromatic carbocycles. The summed E-state index contributed by atoms with van der Waals surface area (Å²) >= 11 is 0. The molecule has 1 N–H and O–H groups in total. The molecule has 0 bridgehead atoms. The number of methoxy groups -OCH3 is 1. The highest BCUT2D eigenvalue weighted by atomic mass is 19.1. The number of benzene rings is 1. The molecule has 9 heteroatoms. The zero-order chi connectivity index (χ0) is 21.3. The van der Waals surface area contributed by atoms with E-state index in [0.717, 1.165) is 6.07 Å². The number of halogens is 1. The minimum absolute atomic E-state index is 0.0191. The zero-order valence-electron chi connectivity index (χ0n) is 16.9. The number of alkyl carbamates (subject to hydrolysis) is 1. The molecule has 0 saturated carbocycles. The van der Waals surface area contributed by atoms with Crippen molar-refractivity contribution in [3.63, 3.8) is 0 Å². The first-order chi connectivity index (χ1) is 13.6. The number of fused-ring (bicyclic) bond motifs is 1. The topological polar surface area (TPSA) is 94.2 Å². The third-order valence-electron chi connectivity index (χ3n) is 4.86. The van der Waals surface area contributed by atoms with E-state index in [1.165, 1.54) is 18.1 Å². The quantitative estimate of drug-likeness (QED) is 0.771. The summed E-state index contributed by atoms with van der Waals surface area (Å²) in [6.45, 7) is 5.93. The van der Waals surface area contributed by atoms with Crippen LogP contribution in [0.25, 0.3) is 0 Å². The van der Waals surface area contributed by atoms with Gasteiger partial charge in [0.25, 0.3) is 5.91 Å². The summed E-state index contributed by atoms with van der Waals surface area (Å²) < 4.78 is 29.9. The summed E-state index contributed by atoms with van der Waals surface area (Å²) in [6, 6.07) is 1.53. The Kier molecular flexibility index (Phi) is 5.79.